The molecule has 0 heterocycles. The molecule has 0 saturated heterocycles. The number of esters is 1. The van der Waals surface area contributed by atoms with Crippen molar-refractivity contribution in [3.63, 3.8) is 0 Å². The lowest BCUT2D eigenvalue weighted by molar-refractivity contribution is -0.148. The van der Waals surface area contributed by atoms with Crippen LogP contribution in [0, 0.1) is 11.8 Å². The maximum Gasteiger partial charge on any atom is 0.514 e. The second-order valence-corrected chi connectivity index (χ2v) is 11.2. The van der Waals surface area contributed by atoms with Crippen molar-refractivity contribution < 1.29 is 52.3 Å². The molecule has 4 atom stereocenters. The normalized spacial score (nSPS) is 14.4. The Labute approximate surface area is 258 Å². The predicted molar refractivity (Wildman–Crippen MR) is 160 cm³/mol. The van der Waals surface area contributed by atoms with Gasteiger partial charge in [-0.3, -0.25) is 4.79 Å². The number of carbonyl (C=O) groups is 4. The van der Waals surface area contributed by atoms with Gasteiger partial charge in [-0.15, -0.1) is 0 Å². The van der Waals surface area contributed by atoms with Gasteiger partial charge in [-0.05, 0) is 62.4 Å². The molecule has 2 aromatic rings. The fourth-order valence-corrected chi connectivity index (χ4v) is 3.75. The van der Waals surface area contributed by atoms with E-state index >= 15 is 0 Å². The Morgan fingerprint density at radius 1 is 0.705 bits per heavy atom. The van der Waals surface area contributed by atoms with Crippen molar-refractivity contribution in [1.29, 1.82) is 0 Å². The minimum absolute atomic E-state index is 0.0178. The van der Waals surface area contributed by atoms with E-state index in [1.165, 1.54) is 25.3 Å². The molecule has 0 bridgehead atoms. The number of para-hydroxylation sites is 1. The molecule has 0 saturated carbocycles. The largest absolute Gasteiger partial charge is 0.514 e. The van der Waals surface area contributed by atoms with E-state index in [0.717, 1.165) is 0 Å². The number of methoxy groups -OCH3 is 1. The molecule has 0 amide bonds. The molecule has 0 aliphatic rings. The standard InChI is InChI=1S/C32H43NO11/c1-19(2)22(6)40-30(36)43-26-15-14-24(16-27(26)44-31(37)41-23(7)20(3)4)18-32(33,28(34)38-8)17-21(5)39-29(35)42-25-12-10-9-11-13-25/h9-16,19-23H,17-18,33H2,1-8H3/t21?,22-,23?,32+/m0/s1. The van der Waals surface area contributed by atoms with Crippen LogP contribution in [0.4, 0.5) is 14.4 Å². The zero-order chi connectivity index (χ0) is 33.0. The molecular weight excluding hydrogens is 574 g/mol. The van der Waals surface area contributed by atoms with Crippen molar-refractivity contribution in [1.82, 2.24) is 0 Å². The third kappa shape index (κ3) is 11.4. The van der Waals surface area contributed by atoms with Crippen molar-refractivity contribution in [2.24, 2.45) is 17.6 Å². The van der Waals surface area contributed by atoms with E-state index in [1.807, 2.05) is 27.7 Å². The maximum absolute atomic E-state index is 12.9. The highest BCUT2D eigenvalue weighted by atomic mass is 16.8. The van der Waals surface area contributed by atoms with Crippen LogP contribution in [0.2, 0.25) is 0 Å². The van der Waals surface area contributed by atoms with Gasteiger partial charge in [0.1, 0.15) is 29.6 Å². The van der Waals surface area contributed by atoms with E-state index in [4.69, 9.17) is 38.9 Å². The molecule has 2 N–H and O–H groups in total. The highest BCUT2D eigenvalue weighted by Crippen LogP contribution is 2.32. The summed E-state index contributed by atoms with van der Waals surface area (Å²) >= 11 is 0. The molecule has 0 aromatic heterocycles. The molecule has 44 heavy (non-hydrogen) atoms. The highest BCUT2D eigenvalue weighted by Gasteiger charge is 2.38. The third-order valence-electron chi connectivity index (χ3n) is 6.84. The lowest BCUT2D eigenvalue weighted by atomic mass is 9.86. The Morgan fingerprint density at radius 3 is 1.75 bits per heavy atom. The van der Waals surface area contributed by atoms with Gasteiger partial charge in [0.05, 0.1) is 7.11 Å². The molecule has 12 heteroatoms. The molecule has 0 aliphatic carbocycles. The summed E-state index contributed by atoms with van der Waals surface area (Å²) in [6, 6.07) is 12.6. The smallest absolute Gasteiger partial charge is 0.468 e. The van der Waals surface area contributed by atoms with Crippen LogP contribution < -0.4 is 19.9 Å². The zero-order valence-corrected chi connectivity index (χ0v) is 26.5. The van der Waals surface area contributed by atoms with Crippen LogP contribution >= 0.6 is 0 Å². The number of nitrogens with two attached hydrogens (primary N) is 1. The molecule has 2 rings (SSSR count). The van der Waals surface area contributed by atoms with Gasteiger partial charge in [0.25, 0.3) is 0 Å². The van der Waals surface area contributed by atoms with E-state index in [9.17, 15) is 19.2 Å². The summed E-state index contributed by atoms with van der Waals surface area (Å²) in [5.41, 5.74) is 5.25. The van der Waals surface area contributed by atoms with Crippen LogP contribution in [0.15, 0.2) is 48.5 Å². The zero-order valence-electron chi connectivity index (χ0n) is 26.5. The minimum Gasteiger partial charge on any atom is -0.468 e. The number of hydrogen-bond donors (Lipinski definition) is 1. The van der Waals surface area contributed by atoms with Gasteiger partial charge in [-0.25, -0.2) is 14.4 Å². The average Bonchev–Trinajstić information content (AvgIpc) is 2.93. The highest BCUT2D eigenvalue weighted by molar-refractivity contribution is 5.81. The molecule has 0 fully saturated rings. The Morgan fingerprint density at radius 2 is 1.23 bits per heavy atom. The molecule has 242 valence electrons. The molecule has 0 aliphatic heterocycles. The van der Waals surface area contributed by atoms with Crippen molar-refractivity contribution in [3.8, 4) is 17.2 Å². The molecule has 2 aromatic carbocycles. The molecule has 0 spiro atoms. The lowest BCUT2D eigenvalue weighted by Crippen LogP contribution is -2.53. The first kappa shape index (κ1) is 35.9. The molecule has 12 nitrogen and oxygen atoms in total. The van der Waals surface area contributed by atoms with Gasteiger partial charge in [-0.1, -0.05) is 52.0 Å². The van der Waals surface area contributed by atoms with Crippen LogP contribution in [-0.2, 0) is 30.2 Å². The first-order valence-electron chi connectivity index (χ1n) is 14.3. The summed E-state index contributed by atoms with van der Waals surface area (Å²) < 4.78 is 36.8. The number of ether oxygens (including phenoxy) is 7. The topological polar surface area (TPSA) is 159 Å². The molecular formula is C32H43NO11. The second-order valence-electron chi connectivity index (χ2n) is 11.2. The van der Waals surface area contributed by atoms with Crippen LogP contribution in [0.5, 0.6) is 17.2 Å². The van der Waals surface area contributed by atoms with Gasteiger partial charge in [0.2, 0.25) is 0 Å². The second kappa shape index (κ2) is 16.5. The van der Waals surface area contributed by atoms with Crippen molar-refractivity contribution >= 4 is 24.4 Å². The van der Waals surface area contributed by atoms with Gasteiger partial charge in [0.15, 0.2) is 11.5 Å². The summed E-state index contributed by atoms with van der Waals surface area (Å²) in [6.45, 7) is 12.5. The van der Waals surface area contributed by atoms with Crippen LogP contribution in [0.25, 0.3) is 0 Å². The first-order chi connectivity index (χ1) is 20.6. The number of benzene rings is 2. The first-order valence-corrected chi connectivity index (χ1v) is 14.3. The molecule has 2 unspecified atom stereocenters. The number of hydrogen-bond acceptors (Lipinski definition) is 12. The monoisotopic (exact) mass is 617 g/mol. The van der Waals surface area contributed by atoms with Crippen LogP contribution in [0.3, 0.4) is 0 Å². The van der Waals surface area contributed by atoms with Gasteiger partial charge in [-0.2, -0.15) is 0 Å². The van der Waals surface area contributed by atoms with E-state index in [2.05, 4.69) is 0 Å². The van der Waals surface area contributed by atoms with Gasteiger partial charge < -0.3 is 38.9 Å². The SMILES string of the molecule is COC(=O)[C@](N)(Cc1ccc(OC(=O)O[C@@H](C)C(C)C)c(OC(=O)OC(C)C(C)C)c1)CC(C)OC(=O)Oc1ccccc1. The van der Waals surface area contributed by atoms with Crippen molar-refractivity contribution in [2.45, 2.75) is 85.2 Å². The number of carbonyl (C=O) groups excluding carboxylic acids is 4. The van der Waals surface area contributed by atoms with Crippen molar-refractivity contribution in [3.05, 3.63) is 54.1 Å². The van der Waals surface area contributed by atoms with Gasteiger partial charge >= 0.3 is 24.4 Å². The summed E-state index contributed by atoms with van der Waals surface area (Å²) in [5, 5.41) is 0. The lowest BCUT2D eigenvalue weighted by Gasteiger charge is -2.29. The minimum atomic E-state index is -1.68. The van der Waals surface area contributed by atoms with E-state index in [-0.39, 0.29) is 41.9 Å². The summed E-state index contributed by atoms with van der Waals surface area (Å²) in [7, 11) is 1.18. The molecule has 0 radical (unpaired) electrons. The van der Waals surface area contributed by atoms with E-state index < -0.39 is 48.3 Å². The Hall–Kier alpha value is -4.32. The Balaban J connectivity index is 2.29. The van der Waals surface area contributed by atoms with Crippen LogP contribution in [-0.4, -0.2) is 55.4 Å². The summed E-state index contributed by atoms with van der Waals surface area (Å²) in [4.78, 5) is 50.2. The fraction of sp³-hybridized carbons (Fsp3) is 0.500. The predicted octanol–water partition coefficient (Wildman–Crippen LogP) is 6.21. The average molecular weight is 618 g/mol. The van der Waals surface area contributed by atoms with E-state index in [1.54, 1.807) is 51.1 Å². The maximum atomic E-state index is 12.9. The van der Waals surface area contributed by atoms with E-state index in [0.29, 0.717) is 5.56 Å². The van der Waals surface area contributed by atoms with Gasteiger partial charge in [0, 0.05) is 12.8 Å². The number of rotatable bonds is 13. The quantitative estimate of drug-likeness (QED) is 0.154. The third-order valence-corrected chi connectivity index (χ3v) is 6.84. The fourth-order valence-electron chi connectivity index (χ4n) is 3.75. The summed E-state index contributed by atoms with van der Waals surface area (Å²) in [5.74, 6) is -0.718. The van der Waals surface area contributed by atoms with Crippen LogP contribution in [0.1, 0.15) is 60.5 Å². The Kier molecular flexibility index (Phi) is 13.5. The van der Waals surface area contributed by atoms with Crippen molar-refractivity contribution in [2.75, 3.05) is 7.11 Å². The Bertz CT molecular complexity index is 1260. The summed E-state index contributed by atoms with van der Waals surface area (Å²) in [6.07, 6.45) is -5.03.